The molecule has 3 nitrogen and oxygen atoms in total. The summed E-state index contributed by atoms with van der Waals surface area (Å²) in [5.41, 5.74) is 1.08. The smallest absolute Gasteiger partial charge is 0.161 e. The Balaban J connectivity index is 2.76. The zero-order valence-corrected chi connectivity index (χ0v) is 10.4. The van der Waals surface area contributed by atoms with Crippen molar-refractivity contribution in [1.82, 2.24) is 0 Å². The van der Waals surface area contributed by atoms with Gasteiger partial charge in [0, 0.05) is 7.11 Å². The van der Waals surface area contributed by atoms with Crippen LogP contribution in [0, 0.1) is 5.92 Å². The quantitative estimate of drug-likeness (QED) is 0.743. The van der Waals surface area contributed by atoms with E-state index in [9.17, 15) is 0 Å². The second-order valence-electron chi connectivity index (χ2n) is 4.12. The molecule has 0 heterocycles. The molecule has 0 aliphatic rings. The summed E-state index contributed by atoms with van der Waals surface area (Å²) >= 11 is 0. The van der Waals surface area contributed by atoms with Crippen LogP contribution in [0.15, 0.2) is 18.2 Å². The molecule has 16 heavy (non-hydrogen) atoms. The van der Waals surface area contributed by atoms with Gasteiger partial charge in [-0.25, -0.2) is 0 Å². The topological polar surface area (TPSA) is 27.7 Å². The molecule has 90 valence electrons. The van der Waals surface area contributed by atoms with Gasteiger partial charge in [-0.15, -0.1) is 0 Å². The third kappa shape index (κ3) is 3.74. The van der Waals surface area contributed by atoms with Crippen molar-refractivity contribution in [1.29, 1.82) is 0 Å². The Morgan fingerprint density at radius 1 is 1.12 bits per heavy atom. The highest BCUT2D eigenvalue weighted by Crippen LogP contribution is 2.28. The van der Waals surface area contributed by atoms with Gasteiger partial charge in [-0.2, -0.15) is 0 Å². The van der Waals surface area contributed by atoms with Crippen molar-refractivity contribution in [3.05, 3.63) is 23.8 Å². The standard InChI is InChI=1S/C13H20O3/c1-10(2)8-16-12-6-5-11(9-14-3)7-13(12)15-4/h5-7,10H,8-9H2,1-4H3. The third-order valence-corrected chi connectivity index (χ3v) is 2.11. The van der Waals surface area contributed by atoms with Crippen LogP contribution in [-0.2, 0) is 11.3 Å². The zero-order chi connectivity index (χ0) is 12.0. The minimum Gasteiger partial charge on any atom is -0.493 e. The van der Waals surface area contributed by atoms with E-state index in [-0.39, 0.29) is 0 Å². The van der Waals surface area contributed by atoms with Crippen LogP contribution in [0.4, 0.5) is 0 Å². The molecule has 1 aromatic carbocycles. The van der Waals surface area contributed by atoms with Crippen LogP contribution < -0.4 is 9.47 Å². The fourth-order valence-corrected chi connectivity index (χ4v) is 1.34. The summed E-state index contributed by atoms with van der Waals surface area (Å²) < 4.78 is 16.0. The van der Waals surface area contributed by atoms with Crippen molar-refractivity contribution in [3.63, 3.8) is 0 Å². The number of rotatable bonds is 6. The van der Waals surface area contributed by atoms with Crippen molar-refractivity contribution in [3.8, 4) is 11.5 Å². The predicted molar refractivity (Wildman–Crippen MR) is 64.0 cm³/mol. The minimum absolute atomic E-state index is 0.503. The van der Waals surface area contributed by atoms with Crippen LogP contribution in [0.5, 0.6) is 11.5 Å². The molecule has 0 fully saturated rings. The van der Waals surface area contributed by atoms with E-state index in [1.807, 2.05) is 18.2 Å². The predicted octanol–water partition coefficient (Wildman–Crippen LogP) is 2.88. The van der Waals surface area contributed by atoms with Gasteiger partial charge in [0.05, 0.1) is 20.3 Å². The molecule has 0 unspecified atom stereocenters. The average molecular weight is 224 g/mol. The highest BCUT2D eigenvalue weighted by molar-refractivity contribution is 5.42. The lowest BCUT2D eigenvalue weighted by atomic mass is 10.2. The maximum Gasteiger partial charge on any atom is 0.161 e. The Bertz CT molecular complexity index is 321. The van der Waals surface area contributed by atoms with E-state index in [2.05, 4.69) is 13.8 Å². The van der Waals surface area contributed by atoms with E-state index in [4.69, 9.17) is 14.2 Å². The van der Waals surface area contributed by atoms with Crippen LogP contribution in [0.25, 0.3) is 0 Å². The summed E-state index contributed by atoms with van der Waals surface area (Å²) in [6.07, 6.45) is 0. The number of benzene rings is 1. The number of methoxy groups -OCH3 is 2. The summed E-state index contributed by atoms with van der Waals surface area (Å²) in [6, 6.07) is 5.86. The molecular weight excluding hydrogens is 204 g/mol. The monoisotopic (exact) mass is 224 g/mol. The molecule has 0 aromatic heterocycles. The first-order chi connectivity index (χ1) is 7.67. The number of ether oxygens (including phenoxy) is 3. The van der Waals surface area contributed by atoms with E-state index in [0.29, 0.717) is 19.1 Å². The first kappa shape index (κ1) is 12.8. The summed E-state index contributed by atoms with van der Waals surface area (Å²) in [5.74, 6) is 2.05. The van der Waals surface area contributed by atoms with Crippen molar-refractivity contribution in [2.45, 2.75) is 20.5 Å². The van der Waals surface area contributed by atoms with Gasteiger partial charge in [-0.1, -0.05) is 19.9 Å². The Labute approximate surface area is 97.3 Å². The van der Waals surface area contributed by atoms with Crippen LogP contribution >= 0.6 is 0 Å². The Morgan fingerprint density at radius 3 is 2.44 bits per heavy atom. The van der Waals surface area contributed by atoms with Gasteiger partial charge in [0.15, 0.2) is 11.5 Å². The SMILES string of the molecule is COCc1ccc(OCC(C)C)c(OC)c1. The highest BCUT2D eigenvalue weighted by Gasteiger charge is 2.06. The average Bonchev–Trinajstić information content (AvgIpc) is 2.27. The molecule has 0 radical (unpaired) electrons. The first-order valence-corrected chi connectivity index (χ1v) is 5.46. The molecule has 1 aromatic rings. The first-order valence-electron chi connectivity index (χ1n) is 5.46. The van der Waals surface area contributed by atoms with E-state index in [1.54, 1.807) is 14.2 Å². The highest BCUT2D eigenvalue weighted by atomic mass is 16.5. The van der Waals surface area contributed by atoms with Crippen LogP contribution in [-0.4, -0.2) is 20.8 Å². The fourth-order valence-electron chi connectivity index (χ4n) is 1.34. The normalized spacial score (nSPS) is 10.6. The van der Waals surface area contributed by atoms with Crippen molar-refractivity contribution in [2.75, 3.05) is 20.8 Å². The van der Waals surface area contributed by atoms with Gasteiger partial charge in [-0.05, 0) is 23.6 Å². The fraction of sp³-hybridized carbons (Fsp3) is 0.538. The third-order valence-electron chi connectivity index (χ3n) is 2.11. The summed E-state index contributed by atoms with van der Waals surface area (Å²) in [6.45, 7) is 5.51. The van der Waals surface area contributed by atoms with E-state index in [0.717, 1.165) is 17.1 Å². The van der Waals surface area contributed by atoms with Crippen molar-refractivity contribution >= 4 is 0 Å². The molecule has 0 atom stereocenters. The summed E-state index contributed by atoms with van der Waals surface area (Å²) in [4.78, 5) is 0. The van der Waals surface area contributed by atoms with Crippen molar-refractivity contribution < 1.29 is 14.2 Å². The molecule has 0 N–H and O–H groups in total. The lowest BCUT2D eigenvalue weighted by molar-refractivity contribution is 0.184. The lowest BCUT2D eigenvalue weighted by Crippen LogP contribution is -2.05. The van der Waals surface area contributed by atoms with Gasteiger partial charge < -0.3 is 14.2 Å². The lowest BCUT2D eigenvalue weighted by Gasteiger charge is -2.13. The molecule has 0 aliphatic heterocycles. The maximum atomic E-state index is 5.66. The molecule has 0 spiro atoms. The molecular formula is C13H20O3. The largest absolute Gasteiger partial charge is 0.493 e. The van der Waals surface area contributed by atoms with Crippen LogP contribution in [0.1, 0.15) is 19.4 Å². The Kier molecular flexibility index (Phi) is 5.12. The zero-order valence-electron chi connectivity index (χ0n) is 10.4. The summed E-state index contributed by atoms with van der Waals surface area (Å²) in [5, 5.41) is 0. The molecule has 0 amide bonds. The van der Waals surface area contributed by atoms with Gasteiger partial charge in [0.1, 0.15) is 0 Å². The van der Waals surface area contributed by atoms with Crippen LogP contribution in [0.2, 0.25) is 0 Å². The van der Waals surface area contributed by atoms with Gasteiger partial charge in [0.2, 0.25) is 0 Å². The molecule has 3 heteroatoms. The van der Waals surface area contributed by atoms with E-state index in [1.165, 1.54) is 0 Å². The molecule has 0 aliphatic carbocycles. The van der Waals surface area contributed by atoms with E-state index < -0.39 is 0 Å². The Morgan fingerprint density at radius 2 is 1.88 bits per heavy atom. The maximum absolute atomic E-state index is 5.66. The summed E-state index contributed by atoms with van der Waals surface area (Å²) in [7, 11) is 3.32. The Hall–Kier alpha value is -1.22. The number of hydrogen-bond donors (Lipinski definition) is 0. The molecule has 1 rings (SSSR count). The number of hydrogen-bond acceptors (Lipinski definition) is 3. The van der Waals surface area contributed by atoms with Crippen LogP contribution in [0.3, 0.4) is 0 Å². The minimum atomic E-state index is 0.503. The van der Waals surface area contributed by atoms with Crippen molar-refractivity contribution in [2.24, 2.45) is 5.92 Å². The molecule has 0 saturated carbocycles. The van der Waals surface area contributed by atoms with Gasteiger partial charge >= 0.3 is 0 Å². The van der Waals surface area contributed by atoms with Gasteiger partial charge in [-0.3, -0.25) is 0 Å². The van der Waals surface area contributed by atoms with Gasteiger partial charge in [0.25, 0.3) is 0 Å². The van der Waals surface area contributed by atoms with E-state index >= 15 is 0 Å². The second-order valence-corrected chi connectivity index (χ2v) is 4.12. The molecule has 0 saturated heterocycles. The molecule has 0 bridgehead atoms. The second kappa shape index (κ2) is 6.38.